The van der Waals surface area contributed by atoms with Gasteiger partial charge in [-0.05, 0) is 41.0 Å². The van der Waals surface area contributed by atoms with Crippen molar-refractivity contribution in [3.63, 3.8) is 0 Å². The highest BCUT2D eigenvalue weighted by molar-refractivity contribution is 5.94. The molecule has 5 rings (SSSR count). The van der Waals surface area contributed by atoms with E-state index in [9.17, 15) is 9.59 Å². The third-order valence-electron chi connectivity index (χ3n) is 8.53. The van der Waals surface area contributed by atoms with E-state index in [1.165, 1.54) is 21.7 Å². The van der Waals surface area contributed by atoms with E-state index in [1.54, 1.807) is 14.2 Å². The third-order valence-corrected chi connectivity index (χ3v) is 8.53. The largest absolute Gasteiger partial charge is 0.497 e. The minimum atomic E-state index is -0.239. The lowest BCUT2D eigenvalue weighted by Gasteiger charge is -2.30. The molecule has 2 aromatic rings. The van der Waals surface area contributed by atoms with Crippen LogP contribution in [-0.4, -0.2) is 83.4 Å². The van der Waals surface area contributed by atoms with Crippen LogP contribution >= 0.6 is 0 Å². The third kappa shape index (κ3) is 7.51. The molecule has 1 saturated heterocycles. The molecule has 2 aliphatic carbocycles. The van der Waals surface area contributed by atoms with Gasteiger partial charge in [0.25, 0.3) is 5.91 Å². The molecule has 1 amide bonds. The van der Waals surface area contributed by atoms with Crippen LogP contribution in [0.4, 0.5) is 0 Å². The van der Waals surface area contributed by atoms with Crippen LogP contribution in [0, 0.1) is 11.8 Å². The first-order valence-electron chi connectivity index (χ1n) is 14.9. The second kappa shape index (κ2) is 14.5. The second-order valence-corrected chi connectivity index (χ2v) is 11.3. The number of quaternary nitrogens is 1. The van der Waals surface area contributed by atoms with Crippen molar-refractivity contribution in [3.05, 3.63) is 107 Å². The smallest absolute Gasteiger partial charge is 0.254 e. The van der Waals surface area contributed by atoms with E-state index >= 15 is 0 Å². The van der Waals surface area contributed by atoms with Crippen LogP contribution in [0.15, 0.2) is 84.8 Å². The number of methoxy groups -OCH3 is 2. The van der Waals surface area contributed by atoms with E-state index in [-0.39, 0.29) is 23.8 Å². The predicted molar refractivity (Wildman–Crippen MR) is 167 cm³/mol. The molecule has 4 unspecified atom stereocenters. The fourth-order valence-corrected chi connectivity index (χ4v) is 5.97. The number of benzene rings is 2. The van der Waals surface area contributed by atoms with Gasteiger partial charge in [-0.3, -0.25) is 4.79 Å². The molecular weight excluding hydrogens is 542 g/mol. The number of ether oxygens (including phenoxy) is 3. The molecule has 2 N–H and O–H groups in total. The van der Waals surface area contributed by atoms with E-state index in [1.807, 2.05) is 41.3 Å². The van der Waals surface area contributed by atoms with Crippen molar-refractivity contribution in [1.29, 1.82) is 0 Å². The standard InChI is InChI=1S/C35H41N3O5/c1-25(27-8-10-28(11-9-27)35(40)37-14-16-43-17-15-37)36-21-26(24-39)22-38(32-18-29-6-4-5-7-30(29)19-32)23-31-12-13-33(41-2)20-34(31)42-3/h4-13,18,20,24,26,31,34,36H,1,14-17,19,21-23H2,2-3H3/p+1. The number of carbonyl (C=O) groups is 2. The maximum Gasteiger partial charge on any atom is 0.254 e. The maximum atomic E-state index is 12.8. The van der Waals surface area contributed by atoms with Crippen molar-refractivity contribution in [3.8, 4) is 0 Å². The van der Waals surface area contributed by atoms with Gasteiger partial charge in [-0.1, -0.05) is 49.1 Å². The quantitative estimate of drug-likeness (QED) is 0.353. The number of allylic oxidation sites excluding steroid dienone is 2. The van der Waals surface area contributed by atoms with E-state index in [0.29, 0.717) is 45.0 Å². The Kier molecular flexibility index (Phi) is 10.3. The van der Waals surface area contributed by atoms with Crippen LogP contribution in [0.25, 0.3) is 11.8 Å². The number of amides is 1. The summed E-state index contributed by atoms with van der Waals surface area (Å²) in [5, 5.41) is 3.38. The van der Waals surface area contributed by atoms with E-state index in [0.717, 1.165) is 36.3 Å². The van der Waals surface area contributed by atoms with Crippen molar-refractivity contribution in [1.82, 2.24) is 10.2 Å². The van der Waals surface area contributed by atoms with E-state index in [2.05, 4.69) is 48.3 Å². The molecule has 1 heterocycles. The normalized spacial score (nSPS) is 20.8. The van der Waals surface area contributed by atoms with Crippen molar-refractivity contribution in [2.75, 3.05) is 60.2 Å². The zero-order chi connectivity index (χ0) is 30.2. The number of morpholine rings is 1. The number of fused-ring (bicyclic) bond motifs is 1. The zero-order valence-electron chi connectivity index (χ0n) is 25.1. The van der Waals surface area contributed by atoms with Crippen LogP contribution in [0.1, 0.15) is 27.0 Å². The van der Waals surface area contributed by atoms with Crippen LogP contribution in [0.3, 0.4) is 0 Å². The van der Waals surface area contributed by atoms with Crippen LogP contribution < -0.4 is 10.2 Å². The Morgan fingerprint density at radius 2 is 1.88 bits per heavy atom. The van der Waals surface area contributed by atoms with Crippen molar-refractivity contribution >= 4 is 24.0 Å². The Morgan fingerprint density at radius 1 is 1.14 bits per heavy atom. The average molecular weight is 585 g/mol. The van der Waals surface area contributed by atoms with Crippen molar-refractivity contribution in [2.24, 2.45) is 11.8 Å². The molecule has 0 saturated carbocycles. The molecule has 3 aliphatic rings. The molecule has 1 fully saturated rings. The molecule has 8 heteroatoms. The summed E-state index contributed by atoms with van der Waals surface area (Å²) in [6.07, 6.45) is 10.2. The minimum Gasteiger partial charge on any atom is -0.497 e. The molecule has 0 radical (unpaired) electrons. The molecule has 0 aromatic heterocycles. The summed E-state index contributed by atoms with van der Waals surface area (Å²) >= 11 is 0. The fourth-order valence-electron chi connectivity index (χ4n) is 5.97. The van der Waals surface area contributed by atoms with Gasteiger partial charge < -0.3 is 34.1 Å². The summed E-state index contributed by atoms with van der Waals surface area (Å²) in [5.41, 5.74) is 6.08. The topological polar surface area (TPSA) is 81.5 Å². The first-order valence-corrected chi connectivity index (χ1v) is 14.9. The number of hydrogen-bond donors (Lipinski definition) is 2. The van der Waals surface area contributed by atoms with Crippen LogP contribution in [-0.2, 0) is 25.4 Å². The highest BCUT2D eigenvalue weighted by Gasteiger charge is 2.31. The number of aldehydes is 1. The van der Waals surface area contributed by atoms with Crippen LogP contribution in [0.2, 0.25) is 0 Å². The molecular formula is C35H42N3O5+. The molecule has 4 atom stereocenters. The number of nitrogens with one attached hydrogen (secondary N) is 2. The molecule has 0 bridgehead atoms. The van der Waals surface area contributed by atoms with Gasteiger partial charge in [-0.25, -0.2) is 0 Å². The second-order valence-electron chi connectivity index (χ2n) is 11.3. The van der Waals surface area contributed by atoms with Gasteiger partial charge in [-0.15, -0.1) is 0 Å². The maximum absolute atomic E-state index is 12.8. The Balaban J connectivity index is 1.24. The Bertz CT molecular complexity index is 1390. The first-order chi connectivity index (χ1) is 21.0. The summed E-state index contributed by atoms with van der Waals surface area (Å²) < 4.78 is 16.6. The molecule has 0 spiro atoms. The van der Waals surface area contributed by atoms with Gasteiger partial charge in [-0.2, -0.15) is 0 Å². The Labute approximate surface area is 254 Å². The Hall–Kier alpha value is -3.98. The molecule has 43 heavy (non-hydrogen) atoms. The van der Waals surface area contributed by atoms with Gasteiger partial charge >= 0.3 is 0 Å². The molecule has 226 valence electrons. The van der Waals surface area contributed by atoms with E-state index in [4.69, 9.17) is 14.2 Å². The minimum absolute atomic E-state index is 0.0123. The van der Waals surface area contributed by atoms with Gasteiger partial charge in [0.05, 0.1) is 51.4 Å². The van der Waals surface area contributed by atoms with Gasteiger partial charge in [0, 0.05) is 50.5 Å². The fraction of sp³-hybridized carbons (Fsp3) is 0.371. The van der Waals surface area contributed by atoms with Gasteiger partial charge in [0.1, 0.15) is 17.7 Å². The summed E-state index contributed by atoms with van der Waals surface area (Å²) in [5.74, 6) is 0.706. The summed E-state index contributed by atoms with van der Waals surface area (Å²) in [4.78, 5) is 28.2. The molecule has 8 nitrogen and oxygen atoms in total. The number of rotatable bonds is 13. The Morgan fingerprint density at radius 3 is 2.58 bits per heavy atom. The zero-order valence-corrected chi connectivity index (χ0v) is 25.1. The lowest BCUT2D eigenvalue weighted by molar-refractivity contribution is -0.866. The number of carbonyl (C=O) groups excluding carboxylic acids is 2. The van der Waals surface area contributed by atoms with Gasteiger partial charge in [0.15, 0.2) is 0 Å². The number of hydrogen-bond acceptors (Lipinski definition) is 6. The van der Waals surface area contributed by atoms with E-state index < -0.39 is 0 Å². The summed E-state index contributed by atoms with van der Waals surface area (Å²) in [6.45, 7) is 8.45. The molecule has 1 aliphatic heterocycles. The first kappa shape index (κ1) is 30.5. The SMILES string of the molecule is C=C(NCC(C=O)C[NH+](CC1C=CC(OC)=CC1OC)C1=Cc2ccccc2C1)c1ccc(C(=O)N2CCOCC2)cc1. The lowest BCUT2D eigenvalue weighted by Crippen LogP contribution is -3.12. The highest BCUT2D eigenvalue weighted by atomic mass is 16.5. The van der Waals surface area contributed by atoms with Crippen LogP contribution in [0.5, 0.6) is 0 Å². The monoisotopic (exact) mass is 584 g/mol. The van der Waals surface area contributed by atoms with Crippen molar-refractivity contribution < 1.29 is 28.7 Å². The number of nitrogens with zero attached hydrogens (tertiary/aromatic N) is 1. The summed E-state index contributed by atoms with van der Waals surface area (Å²) in [6, 6.07) is 15.9. The average Bonchev–Trinajstić information content (AvgIpc) is 3.50. The predicted octanol–water partition coefficient (Wildman–Crippen LogP) is 2.75. The van der Waals surface area contributed by atoms with Gasteiger partial charge in [0.2, 0.25) is 0 Å². The highest BCUT2D eigenvalue weighted by Crippen LogP contribution is 2.23. The summed E-state index contributed by atoms with van der Waals surface area (Å²) in [7, 11) is 3.38. The molecule has 2 aromatic carbocycles. The van der Waals surface area contributed by atoms with Crippen molar-refractivity contribution in [2.45, 2.75) is 12.5 Å². The lowest BCUT2D eigenvalue weighted by atomic mass is 9.95.